The van der Waals surface area contributed by atoms with Crippen LogP contribution in [0.1, 0.15) is 34.0 Å². The van der Waals surface area contributed by atoms with Crippen molar-refractivity contribution in [1.82, 2.24) is 9.55 Å². The first-order chi connectivity index (χ1) is 26.5. The quantitative estimate of drug-likeness (QED) is 0.0837. The summed E-state index contributed by atoms with van der Waals surface area (Å²) in [5.41, 5.74) is 1.36. The van der Waals surface area contributed by atoms with Gasteiger partial charge in [-0.15, -0.1) is 11.6 Å². The number of hydrogen-bond donors (Lipinski definition) is 1. The van der Waals surface area contributed by atoms with Crippen molar-refractivity contribution in [3.63, 3.8) is 0 Å². The third-order valence-electron chi connectivity index (χ3n) is 9.75. The smallest absolute Gasteiger partial charge is 0.351 e. The monoisotopic (exact) mass is 745 g/mol. The van der Waals surface area contributed by atoms with Gasteiger partial charge in [-0.3, -0.25) is 4.57 Å². The number of ether oxygens (including phenoxy) is 4. The number of alkyl halides is 2. The highest BCUT2D eigenvalue weighted by molar-refractivity contribution is 6.21. The van der Waals surface area contributed by atoms with Gasteiger partial charge in [-0.1, -0.05) is 133 Å². The Hall–Kier alpha value is -5.32. The number of benzene rings is 5. The van der Waals surface area contributed by atoms with E-state index in [1.165, 1.54) is 4.57 Å². The summed E-state index contributed by atoms with van der Waals surface area (Å²) in [6, 6.07) is 48.5. The van der Waals surface area contributed by atoms with Crippen molar-refractivity contribution >= 4 is 17.4 Å². The van der Waals surface area contributed by atoms with Gasteiger partial charge in [0.05, 0.1) is 26.9 Å². The highest BCUT2D eigenvalue weighted by Crippen LogP contribution is 2.44. The lowest BCUT2D eigenvalue weighted by Gasteiger charge is -2.37. The van der Waals surface area contributed by atoms with E-state index in [0.29, 0.717) is 11.6 Å². The number of rotatable bonds is 15. The molecule has 6 aromatic rings. The van der Waals surface area contributed by atoms with E-state index in [0.717, 1.165) is 27.8 Å². The first-order valence-electron chi connectivity index (χ1n) is 17.7. The molecule has 8 nitrogen and oxygen atoms in total. The van der Waals surface area contributed by atoms with Crippen molar-refractivity contribution in [2.75, 3.05) is 25.7 Å². The standard InChI is InChI=1S/C44H41ClFN3O5/c1-51-37-24-22-36(23-25-37)44(34-18-10-4-11-19-34,35-20-12-5-13-21-35)48-38-26-27-49(42(50)47-38)41-39(45)40(53-29-33-16-8-3-9-17-33)43(30-46,54-41)31-52-28-32-14-6-2-7-15-32/h2-27,39-41H,28-31H2,1H3,(H,47,48,50)/t39-,40+,41-,43-/m1/s1. The zero-order chi connectivity index (χ0) is 37.4. The van der Waals surface area contributed by atoms with E-state index in [-0.39, 0.29) is 19.8 Å². The van der Waals surface area contributed by atoms with E-state index < -0.39 is 41.2 Å². The fourth-order valence-corrected chi connectivity index (χ4v) is 7.48. The summed E-state index contributed by atoms with van der Waals surface area (Å²) in [7, 11) is 1.63. The number of nitrogens with zero attached hydrogens (tertiary/aromatic N) is 2. The van der Waals surface area contributed by atoms with Gasteiger partial charge in [0.15, 0.2) is 6.23 Å². The molecule has 1 fully saturated rings. The normalized spacial score (nSPS) is 19.7. The lowest BCUT2D eigenvalue weighted by Crippen LogP contribution is -2.49. The van der Waals surface area contributed by atoms with Gasteiger partial charge in [-0.05, 0) is 46.0 Å². The Morgan fingerprint density at radius 1 is 0.778 bits per heavy atom. The van der Waals surface area contributed by atoms with Crippen molar-refractivity contribution in [3.8, 4) is 5.75 Å². The Kier molecular flexibility index (Phi) is 11.5. The molecule has 7 rings (SSSR count). The third-order valence-corrected chi connectivity index (χ3v) is 10.2. The lowest BCUT2D eigenvalue weighted by molar-refractivity contribution is -0.165. The van der Waals surface area contributed by atoms with Gasteiger partial charge < -0.3 is 24.3 Å². The maximum absolute atomic E-state index is 15.3. The van der Waals surface area contributed by atoms with Gasteiger partial charge in [0.2, 0.25) is 0 Å². The molecule has 1 N–H and O–H groups in total. The Bertz CT molecular complexity index is 2100. The summed E-state index contributed by atoms with van der Waals surface area (Å²) in [5.74, 6) is 1.02. The number of aromatic nitrogens is 2. The highest BCUT2D eigenvalue weighted by Gasteiger charge is 2.57. The summed E-state index contributed by atoms with van der Waals surface area (Å²) in [5, 5.41) is 2.66. The van der Waals surface area contributed by atoms with E-state index in [4.69, 9.17) is 30.5 Å². The van der Waals surface area contributed by atoms with Crippen LogP contribution in [0.3, 0.4) is 0 Å². The molecule has 0 amide bonds. The number of halogens is 2. The molecular weight excluding hydrogens is 705 g/mol. The molecule has 0 saturated carbocycles. The Balaban J connectivity index is 1.22. The van der Waals surface area contributed by atoms with Gasteiger partial charge in [0, 0.05) is 6.20 Å². The van der Waals surface area contributed by atoms with Crippen LogP contribution in [0, 0.1) is 0 Å². The van der Waals surface area contributed by atoms with Crippen molar-refractivity contribution in [1.29, 1.82) is 0 Å². The maximum Gasteiger partial charge on any atom is 0.351 e. The van der Waals surface area contributed by atoms with Crippen LogP contribution in [0.25, 0.3) is 0 Å². The summed E-state index contributed by atoms with van der Waals surface area (Å²) in [4.78, 5) is 18.5. The molecule has 2 heterocycles. The topological polar surface area (TPSA) is 83.8 Å². The van der Waals surface area contributed by atoms with Crippen LogP contribution in [0.2, 0.25) is 0 Å². The SMILES string of the molecule is COc1ccc(C(Nc2ccn([C@@H]3O[C@](CF)(COCc4ccccc4)[C@@H](OCc4ccccc4)[C@H]3Cl)c(=O)n2)(c2ccccc2)c2ccccc2)cc1. The molecule has 1 saturated heterocycles. The fourth-order valence-electron chi connectivity index (χ4n) is 7.01. The van der Waals surface area contributed by atoms with Crippen LogP contribution in [0.15, 0.2) is 163 Å². The minimum Gasteiger partial charge on any atom is -0.497 e. The second-order valence-corrected chi connectivity index (χ2v) is 13.7. The molecule has 0 spiro atoms. The molecule has 4 atom stereocenters. The molecule has 10 heteroatoms. The molecular formula is C44H41ClFN3O5. The van der Waals surface area contributed by atoms with Gasteiger partial charge >= 0.3 is 5.69 Å². The molecule has 54 heavy (non-hydrogen) atoms. The summed E-state index contributed by atoms with van der Waals surface area (Å²) >= 11 is 7.10. The predicted octanol–water partition coefficient (Wildman–Crippen LogP) is 8.30. The highest BCUT2D eigenvalue weighted by atomic mass is 35.5. The fraction of sp³-hybridized carbons (Fsp3) is 0.227. The van der Waals surface area contributed by atoms with E-state index >= 15 is 4.39 Å². The van der Waals surface area contributed by atoms with E-state index in [2.05, 4.69) is 10.3 Å². The van der Waals surface area contributed by atoms with Crippen LogP contribution >= 0.6 is 11.6 Å². The van der Waals surface area contributed by atoms with Gasteiger partial charge in [0.1, 0.15) is 40.9 Å². The van der Waals surface area contributed by atoms with Crippen LogP contribution < -0.4 is 15.7 Å². The molecule has 0 bridgehead atoms. The van der Waals surface area contributed by atoms with E-state index in [1.54, 1.807) is 19.4 Å². The Morgan fingerprint density at radius 2 is 1.31 bits per heavy atom. The predicted molar refractivity (Wildman–Crippen MR) is 207 cm³/mol. The van der Waals surface area contributed by atoms with Gasteiger partial charge in [-0.25, -0.2) is 9.18 Å². The molecule has 1 aliphatic rings. The van der Waals surface area contributed by atoms with Crippen LogP contribution in [0.4, 0.5) is 10.2 Å². The van der Waals surface area contributed by atoms with E-state index in [9.17, 15) is 4.79 Å². The minimum absolute atomic E-state index is 0.155. The molecule has 0 unspecified atom stereocenters. The van der Waals surface area contributed by atoms with Crippen molar-refractivity contribution in [3.05, 3.63) is 196 Å². The second-order valence-electron chi connectivity index (χ2n) is 13.2. The summed E-state index contributed by atoms with van der Waals surface area (Å²) in [6.45, 7) is -0.720. The number of nitrogens with one attached hydrogen (secondary N) is 1. The molecule has 1 aromatic heterocycles. The Morgan fingerprint density at radius 3 is 1.85 bits per heavy atom. The molecule has 0 radical (unpaired) electrons. The lowest BCUT2D eigenvalue weighted by atomic mass is 9.77. The average Bonchev–Trinajstić information content (AvgIpc) is 3.51. The van der Waals surface area contributed by atoms with Crippen molar-refractivity contribution in [2.45, 2.75) is 42.1 Å². The van der Waals surface area contributed by atoms with Crippen molar-refractivity contribution < 1.29 is 23.3 Å². The van der Waals surface area contributed by atoms with Crippen LogP contribution in [-0.4, -0.2) is 47.0 Å². The summed E-state index contributed by atoms with van der Waals surface area (Å²) in [6.07, 6.45) is -0.499. The molecule has 5 aromatic carbocycles. The molecule has 1 aliphatic heterocycles. The second kappa shape index (κ2) is 16.8. The largest absolute Gasteiger partial charge is 0.497 e. The average molecular weight is 746 g/mol. The number of anilines is 1. The van der Waals surface area contributed by atoms with Crippen LogP contribution in [-0.2, 0) is 33.0 Å². The van der Waals surface area contributed by atoms with Gasteiger partial charge in [-0.2, -0.15) is 4.98 Å². The number of methoxy groups -OCH3 is 1. The zero-order valence-electron chi connectivity index (χ0n) is 29.8. The number of hydrogen-bond acceptors (Lipinski definition) is 7. The Labute approximate surface area is 319 Å². The molecule has 276 valence electrons. The molecule has 0 aliphatic carbocycles. The summed E-state index contributed by atoms with van der Waals surface area (Å²) < 4.78 is 40.9. The van der Waals surface area contributed by atoms with E-state index in [1.807, 2.05) is 146 Å². The zero-order valence-corrected chi connectivity index (χ0v) is 30.5. The maximum atomic E-state index is 15.3. The van der Waals surface area contributed by atoms with Gasteiger partial charge in [0.25, 0.3) is 0 Å². The van der Waals surface area contributed by atoms with Crippen LogP contribution in [0.5, 0.6) is 5.75 Å². The first kappa shape index (κ1) is 37.0. The first-order valence-corrected chi connectivity index (χ1v) is 18.2. The third kappa shape index (κ3) is 7.67. The van der Waals surface area contributed by atoms with Crippen molar-refractivity contribution in [2.24, 2.45) is 0 Å². The minimum atomic E-state index is -1.60.